The third-order valence-electron chi connectivity index (χ3n) is 5.14. The second-order valence-electron chi connectivity index (χ2n) is 6.96. The lowest BCUT2D eigenvalue weighted by atomic mass is 9.98. The van der Waals surface area contributed by atoms with Crippen LogP contribution in [0.2, 0.25) is 0 Å². The molecular weight excluding hydrogens is 364 g/mol. The van der Waals surface area contributed by atoms with E-state index in [1.54, 1.807) is 31.2 Å². The molecule has 1 aliphatic rings. The molecule has 144 valence electrons. The van der Waals surface area contributed by atoms with Crippen molar-refractivity contribution >= 4 is 17.7 Å². The van der Waals surface area contributed by atoms with E-state index < -0.39 is 23.8 Å². The first kappa shape index (κ1) is 18.6. The lowest BCUT2D eigenvalue weighted by Crippen LogP contribution is -2.48. The Morgan fingerprint density at radius 1 is 0.724 bits per heavy atom. The molecule has 0 spiro atoms. The van der Waals surface area contributed by atoms with Gasteiger partial charge in [0.2, 0.25) is 5.91 Å². The quantitative estimate of drug-likeness (QED) is 0.684. The number of fused-ring (bicyclic) bond motifs is 1. The minimum absolute atomic E-state index is 0.333. The Balaban J connectivity index is 1.60. The van der Waals surface area contributed by atoms with E-state index in [2.05, 4.69) is 5.32 Å². The van der Waals surface area contributed by atoms with Crippen LogP contribution in [0, 0.1) is 0 Å². The highest BCUT2D eigenvalue weighted by Crippen LogP contribution is 2.26. The van der Waals surface area contributed by atoms with Gasteiger partial charge in [-0.15, -0.1) is 0 Å². The lowest BCUT2D eigenvalue weighted by molar-refractivity contribution is -0.125. The number of carbonyl (C=O) groups is 3. The fourth-order valence-electron chi connectivity index (χ4n) is 3.59. The smallest absolute Gasteiger partial charge is 0.262 e. The first-order valence-corrected chi connectivity index (χ1v) is 9.45. The Hall–Kier alpha value is -3.73. The molecule has 0 aliphatic carbocycles. The van der Waals surface area contributed by atoms with E-state index in [1.165, 1.54) is 0 Å². The third-order valence-corrected chi connectivity index (χ3v) is 5.14. The lowest BCUT2D eigenvalue weighted by Gasteiger charge is -2.26. The number of benzene rings is 3. The van der Waals surface area contributed by atoms with Gasteiger partial charge in [0.1, 0.15) is 6.04 Å². The van der Waals surface area contributed by atoms with Crippen LogP contribution in [0.15, 0.2) is 84.9 Å². The van der Waals surface area contributed by atoms with Gasteiger partial charge in [0, 0.05) is 0 Å². The summed E-state index contributed by atoms with van der Waals surface area (Å²) >= 11 is 0. The Labute approximate surface area is 169 Å². The average molecular weight is 384 g/mol. The summed E-state index contributed by atoms with van der Waals surface area (Å²) in [5, 5.41) is 3.01. The molecule has 0 bridgehead atoms. The highest BCUT2D eigenvalue weighted by molar-refractivity contribution is 6.22. The summed E-state index contributed by atoms with van der Waals surface area (Å²) in [5.41, 5.74) is 2.50. The van der Waals surface area contributed by atoms with Crippen molar-refractivity contribution in [2.75, 3.05) is 0 Å². The fourth-order valence-corrected chi connectivity index (χ4v) is 3.59. The molecule has 3 aromatic carbocycles. The number of imide groups is 1. The minimum atomic E-state index is -0.933. The summed E-state index contributed by atoms with van der Waals surface area (Å²) in [6, 6.07) is 24.5. The fraction of sp³-hybridized carbons (Fsp3) is 0.125. The zero-order chi connectivity index (χ0) is 20.4. The summed E-state index contributed by atoms with van der Waals surface area (Å²) in [6.07, 6.45) is 0. The van der Waals surface area contributed by atoms with Gasteiger partial charge < -0.3 is 5.32 Å². The molecule has 1 unspecified atom stereocenters. The SMILES string of the molecule is CC(C(=O)NC(c1ccccc1)c1ccccc1)N1C(=O)c2ccccc2C1=O. The first-order chi connectivity index (χ1) is 14.1. The van der Waals surface area contributed by atoms with Crippen LogP contribution in [-0.4, -0.2) is 28.7 Å². The van der Waals surface area contributed by atoms with Crippen LogP contribution in [-0.2, 0) is 4.79 Å². The number of hydrogen-bond donors (Lipinski definition) is 1. The Kier molecular flexibility index (Phi) is 4.96. The molecule has 0 aromatic heterocycles. The standard InChI is InChI=1S/C24H20N2O3/c1-16(26-23(28)19-14-8-9-15-20(19)24(26)29)22(27)25-21(17-10-4-2-5-11-17)18-12-6-3-7-13-18/h2-16,21H,1H3,(H,25,27). The van der Waals surface area contributed by atoms with Crippen LogP contribution in [0.3, 0.4) is 0 Å². The van der Waals surface area contributed by atoms with Gasteiger partial charge in [-0.3, -0.25) is 19.3 Å². The molecule has 0 saturated carbocycles. The summed E-state index contributed by atoms with van der Waals surface area (Å²) < 4.78 is 0. The maximum atomic E-state index is 13.1. The molecule has 3 amide bonds. The van der Waals surface area contributed by atoms with E-state index in [9.17, 15) is 14.4 Å². The van der Waals surface area contributed by atoms with Crippen LogP contribution in [0.4, 0.5) is 0 Å². The van der Waals surface area contributed by atoms with Crippen molar-refractivity contribution in [2.24, 2.45) is 0 Å². The summed E-state index contributed by atoms with van der Waals surface area (Å²) in [5.74, 6) is -1.27. The van der Waals surface area contributed by atoms with E-state index >= 15 is 0 Å². The van der Waals surface area contributed by atoms with Gasteiger partial charge in [-0.05, 0) is 30.2 Å². The van der Waals surface area contributed by atoms with Crippen LogP contribution < -0.4 is 5.32 Å². The topological polar surface area (TPSA) is 66.5 Å². The van der Waals surface area contributed by atoms with E-state index in [0.717, 1.165) is 16.0 Å². The molecule has 29 heavy (non-hydrogen) atoms. The van der Waals surface area contributed by atoms with Crippen molar-refractivity contribution in [3.8, 4) is 0 Å². The van der Waals surface area contributed by atoms with Crippen LogP contribution in [0.5, 0.6) is 0 Å². The van der Waals surface area contributed by atoms with Crippen molar-refractivity contribution in [3.63, 3.8) is 0 Å². The predicted molar refractivity (Wildman–Crippen MR) is 109 cm³/mol. The molecule has 5 nitrogen and oxygen atoms in total. The molecule has 0 radical (unpaired) electrons. The number of nitrogens with one attached hydrogen (secondary N) is 1. The van der Waals surface area contributed by atoms with Gasteiger partial charge in [0.25, 0.3) is 11.8 Å². The zero-order valence-electron chi connectivity index (χ0n) is 15.9. The van der Waals surface area contributed by atoms with E-state index in [0.29, 0.717) is 11.1 Å². The van der Waals surface area contributed by atoms with Gasteiger partial charge in [-0.2, -0.15) is 0 Å². The molecule has 1 atom stereocenters. The number of nitrogens with zero attached hydrogens (tertiary/aromatic N) is 1. The monoisotopic (exact) mass is 384 g/mol. The Morgan fingerprint density at radius 3 is 1.59 bits per heavy atom. The molecule has 1 heterocycles. The molecule has 0 fully saturated rings. The number of rotatable bonds is 5. The number of carbonyl (C=O) groups excluding carboxylic acids is 3. The van der Waals surface area contributed by atoms with Crippen LogP contribution >= 0.6 is 0 Å². The van der Waals surface area contributed by atoms with Crippen molar-refractivity contribution < 1.29 is 14.4 Å². The maximum Gasteiger partial charge on any atom is 0.262 e. The molecule has 0 saturated heterocycles. The highest BCUT2D eigenvalue weighted by Gasteiger charge is 2.41. The summed E-state index contributed by atoms with van der Waals surface area (Å²) in [6.45, 7) is 1.57. The number of hydrogen-bond acceptors (Lipinski definition) is 3. The van der Waals surface area contributed by atoms with Gasteiger partial charge in [-0.25, -0.2) is 0 Å². The second-order valence-corrected chi connectivity index (χ2v) is 6.96. The largest absolute Gasteiger partial charge is 0.343 e. The van der Waals surface area contributed by atoms with Crippen LogP contribution in [0.25, 0.3) is 0 Å². The predicted octanol–water partition coefficient (Wildman–Crippen LogP) is 3.58. The molecule has 5 heteroatoms. The Bertz CT molecular complexity index is 989. The maximum absolute atomic E-state index is 13.1. The van der Waals surface area contributed by atoms with Crippen molar-refractivity contribution in [3.05, 3.63) is 107 Å². The molecule has 1 aliphatic heterocycles. The van der Waals surface area contributed by atoms with Crippen molar-refractivity contribution in [2.45, 2.75) is 19.0 Å². The van der Waals surface area contributed by atoms with Gasteiger partial charge in [-0.1, -0.05) is 72.8 Å². The van der Waals surface area contributed by atoms with E-state index in [4.69, 9.17) is 0 Å². The first-order valence-electron chi connectivity index (χ1n) is 9.45. The number of amides is 3. The van der Waals surface area contributed by atoms with Crippen LogP contribution in [0.1, 0.15) is 44.8 Å². The second kappa shape index (κ2) is 7.72. The third kappa shape index (κ3) is 3.43. The molecule has 4 rings (SSSR count). The summed E-state index contributed by atoms with van der Waals surface area (Å²) in [7, 11) is 0. The zero-order valence-corrected chi connectivity index (χ0v) is 15.9. The Morgan fingerprint density at radius 2 is 1.14 bits per heavy atom. The van der Waals surface area contributed by atoms with Crippen molar-refractivity contribution in [1.29, 1.82) is 0 Å². The molecule has 1 N–H and O–H groups in total. The highest BCUT2D eigenvalue weighted by atomic mass is 16.2. The van der Waals surface area contributed by atoms with E-state index in [1.807, 2.05) is 60.7 Å². The average Bonchev–Trinajstić information content (AvgIpc) is 3.03. The van der Waals surface area contributed by atoms with Gasteiger partial charge in [0.05, 0.1) is 17.2 Å². The van der Waals surface area contributed by atoms with Crippen molar-refractivity contribution in [1.82, 2.24) is 10.2 Å². The minimum Gasteiger partial charge on any atom is -0.343 e. The molecule has 3 aromatic rings. The molecular formula is C24H20N2O3. The van der Waals surface area contributed by atoms with Gasteiger partial charge in [0.15, 0.2) is 0 Å². The van der Waals surface area contributed by atoms with Gasteiger partial charge >= 0.3 is 0 Å². The van der Waals surface area contributed by atoms with E-state index in [-0.39, 0.29) is 6.04 Å². The normalized spacial score (nSPS) is 14.1. The summed E-state index contributed by atoms with van der Waals surface area (Å²) in [4.78, 5) is 39.5.